The molecular weight excluding hydrogens is 522 g/mol. The second-order valence-corrected chi connectivity index (χ2v) is 9.52. The molecule has 214 valence electrons. The Morgan fingerprint density at radius 3 is 1.71 bits per heavy atom. The Hall–Kier alpha value is -5.03. The molecule has 0 spiro atoms. The van der Waals surface area contributed by atoms with E-state index in [1.54, 1.807) is 11.9 Å². The molecule has 3 aromatic carbocycles. The predicted octanol–water partition coefficient (Wildman–Crippen LogP) is 3.99. The Morgan fingerprint density at radius 2 is 1.32 bits per heavy atom. The van der Waals surface area contributed by atoms with Gasteiger partial charge in [0.15, 0.2) is 6.29 Å². The highest BCUT2D eigenvalue weighted by molar-refractivity contribution is 5.71. The molecule has 0 aliphatic carbocycles. The maximum absolute atomic E-state index is 11.5. The number of nitrogens with one attached hydrogen (secondary N) is 3. The van der Waals surface area contributed by atoms with Crippen molar-refractivity contribution >= 4 is 23.7 Å². The first-order valence-electron chi connectivity index (χ1n) is 13.3. The van der Waals surface area contributed by atoms with Gasteiger partial charge in [-0.1, -0.05) is 91.0 Å². The van der Waals surface area contributed by atoms with Crippen molar-refractivity contribution in [3.05, 3.63) is 114 Å². The van der Waals surface area contributed by atoms with E-state index in [0.29, 0.717) is 31.6 Å². The van der Waals surface area contributed by atoms with Gasteiger partial charge in [-0.05, 0) is 36.1 Å². The van der Waals surface area contributed by atoms with Crippen molar-refractivity contribution in [1.29, 1.82) is 0 Å². The van der Waals surface area contributed by atoms with Crippen molar-refractivity contribution in [2.45, 2.75) is 24.7 Å². The lowest BCUT2D eigenvalue weighted by Gasteiger charge is -2.37. The number of rotatable bonds is 13. The highest BCUT2D eigenvalue weighted by atomic mass is 16.4. The fourth-order valence-electron chi connectivity index (χ4n) is 5.02. The molecule has 11 nitrogen and oxygen atoms in total. The average molecular weight is 558 g/mol. The molecule has 41 heavy (non-hydrogen) atoms. The van der Waals surface area contributed by atoms with Gasteiger partial charge in [0.25, 0.3) is 0 Å². The second kappa shape index (κ2) is 13.4. The van der Waals surface area contributed by atoms with Crippen LogP contribution in [0.25, 0.3) is 0 Å². The van der Waals surface area contributed by atoms with E-state index in [1.807, 2.05) is 54.6 Å². The lowest BCUT2D eigenvalue weighted by Crippen LogP contribution is -2.58. The quantitative estimate of drug-likeness (QED) is 0.0818. The lowest BCUT2D eigenvalue weighted by atomic mass is 9.77. The Balaban J connectivity index is 1.58. The van der Waals surface area contributed by atoms with Crippen LogP contribution >= 0.6 is 0 Å². The van der Waals surface area contributed by atoms with Crippen molar-refractivity contribution in [3.8, 4) is 0 Å². The smallest absolute Gasteiger partial charge is 0.407 e. The van der Waals surface area contributed by atoms with E-state index in [0.717, 1.165) is 16.7 Å². The van der Waals surface area contributed by atoms with Crippen LogP contribution in [0.4, 0.5) is 21.1 Å². The van der Waals surface area contributed by atoms with Crippen LogP contribution in [0.15, 0.2) is 97.2 Å². The minimum Gasteiger partial charge on any atom is -0.465 e. The summed E-state index contributed by atoms with van der Waals surface area (Å²) < 4.78 is 1.44. The number of amides is 2. The van der Waals surface area contributed by atoms with Gasteiger partial charge in [-0.25, -0.2) is 9.59 Å². The van der Waals surface area contributed by atoms with Crippen LogP contribution < -0.4 is 26.6 Å². The first-order valence-corrected chi connectivity index (χ1v) is 13.3. The van der Waals surface area contributed by atoms with Gasteiger partial charge < -0.3 is 20.8 Å². The minimum atomic E-state index is -1.38. The van der Waals surface area contributed by atoms with Gasteiger partial charge in [0.1, 0.15) is 11.5 Å². The zero-order valence-electron chi connectivity index (χ0n) is 22.8. The van der Waals surface area contributed by atoms with Crippen molar-refractivity contribution in [2.24, 2.45) is 7.05 Å². The van der Waals surface area contributed by atoms with Crippen molar-refractivity contribution < 1.29 is 19.8 Å². The molecule has 1 aromatic heterocycles. The Kier molecular flexibility index (Phi) is 9.43. The zero-order valence-corrected chi connectivity index (χ0v) is 22.8. The molecule has 2 amide bonds. The summed E-state index contributed by atoms with van der Waals surface area (Å²) in [6.07, 6.45) is -1.25. The number of carbonyl (C=O) groups is 2. The number of anilines is 2. The van der Waals surface area contributed by atoms with Crippen LogP contribution in [0.5, 0.6) is 0 Å². The van der Waals surface area contributed by atoms with Crippen LogP contribution in [0.1, 0.15) is 29.5 Å². The van der Waals surface area contributed by atoms with Crippen LogP contribution in [0, 0.1) is 0 Å². The topological polar surface area (TPSA) is 158 Å². The summed E-state index contributed by atoms with van der Waals surface area (Å²) in [5.41, 5.74) is 9.27. The van der Waals surface area contributed by atoms with E-state index in [2.05, 4.69) is 57.4 Å². The summed E-state index contributed by atoms with van der Waals surface area (Å²) in [4.78, 5) is 24.5. The molecule has 0 atom stereocenters. The zero-order chi connectivity index (χ0) is 29.2. The van der Waals surface area contributed by atoms with Crippen molar-refractivity contribution in [3.63, 3.8) is 0 Å². The van der Waals surface area contributed by atoms with Crippen LogP contribution in [-0.4, -0.2) is 51.6 Å². The summed E-state index contributed by atoms with van der Waals surface area (Å²) in [6, 6.07) is 30.8. The summed E-state index contributed by atoms with van der Waals surface area (Å²) in [7, 11) is 1.65. The van der Waals surface area contributed by atoms with E-state index >= 15 is 0 Å². The van der Waals surface area contributed by atoms with E-state index in [9.17, 15) is 19.8 Å². The number of aromatic nitrogens is 2. The standard InChI is InChI=1S/C30H35N7O4/c1-36-26(31)25(21-33-36)37(27(34-28(38)39)35-29(40)41)20-12-11-19-32-30(22-13-5-2-6-14-22,23-15-7-3-8-16-23)24-17-9-4-10-18-24/h2-10,13-18,21,27,32,34-35H,11-12,19-20,31H2,1H3,(H,38,39)(H,40,41). The Morgan fingerprint density at radius 1 is 0.854 bits per heavy atom. The number of hydrogen-bond donors (Lipinski definition) is 6. The third-order valence-electron chi connectivity index (χ3n) is 6.94. The molecule has 7 N–H and O–H groups in total. The molecule has 0 aliphatic heterocycles. The molecule has 0 saturated carbocycles. The predicted molar refractivity (Wildman–Crippen MR) is 158 cm³/mol. The fraction of sp³-hybridized carbons (Fsp3) is 0.233. The number of nitrogens with zero attached hydrogens (tertiary/aromatic N) is 3. The summed E-state index contributed by atoms with van der Waals surface area (Å²) in [6.45, 7) is 0.913. The lowest BCUT2D eigenvalue weighted by molar-refractivity contribution is 0.175. The van der Waals surface area contributed by atoms with Gasteiger partial charge in [-0.2, -0.15) is 5.10 Å². The van der Waals surface area contributed by atoms with E-state index in [4.69, 9.17) is 5.73 Å². The van der Waals surface area contributed by atoms with Crippen LogP contribution in [0.2, 0.25) is 0 Å². The van der Waals surface area contributed by atoms with Gasteiger partial charge in [-0.15, -0.1) is 0 Å². The molecule has 0 aliphatic rings. The maximum Gasteiger partial charge on any atom is 0.407 e. The number of unbranched alkanes of at least 4 members (excludes halogenated alkanes) is 1. The van der Waals surface area contributed by atoms with Gasteiger partial charge in [0.05, 0.1) is 11.7 Å². The number of benzene rings is 3. The first kappa shape index (κ1) is 29.0. The molecule has 11 heteroatoms. The van der Waals surface area contributed by atoms with Gasteiger partial charge in [-0.3, -0.25) is 20.6 Å². The summed E-state index contributed by atoms with van der Waals surface area (Å²) >= 11 is 0. The number of nitrogens with two attached hydrogens (primary N) is 1. The maximum atomic E-state index is 11.5. The van der Waals surface area contributed by atoms with Crippen LogP contribution in [0.3, 0.4) is 0 Å². The highest BCUT2D eigenvalue weighted by Crippen LogP contribution is 2.36. The van der Waals surface area contributed by atoms with Gasteiger partial charge >= 0.3 is 12.2 Å². The first-order chi connectivity index (χ1) is 19.8. The van der Waals surface area contributed by atoms with Gasteiger partial charge in [0.2, 0.25) is 0 Å². The van der Waals surface area contributed by atoms with E-state index in [1.165, 1.54) is 10.9 Å². The number of aryl methyl sites for hydroxylation is 1. The van der Waals surface area contributed by atoms with Gasteiger partial charge in [0, 0.05) is 13.6 Å². The molecule has 0 radical (unpaired) electrons. The van der Waals surface area contributed by atoms with Crippen molar-refractivity contribution in [2.75, 3.05) is 23.7 Å². The molecule has 0 fully saturated rings. The average Bonchev–Trinajstić information content (AvgIpc) is 3.31. The van der Waals surface area contributed by atoms with E-state index < -0.39 is 24.0 Å². The number of hydrogen-bond acceptors (Lipinski definition) is 6. The molecular formula is C30H35N7O4. The molecule has 4 rings (SSSR count). The highest BCUT2D eigenvalue weighted by Gasteiger charge is 2.35. The molecule has 1 heterocycles. The largest absolute Gasteiger partial charge is 0.465 e. The minimum absolute atomic E-state index is 0.281. The van der Waals surface area contributed by atoms with Crippen molar-refractivity contribution in [1.82, 2.24) is 25.7 Å². The number of carboxylic acid groups (broad SMARTS) is 2. The molecule has 0 bridgehead atoms. The SMILES string of the molecule is Cn1ncc(N(CCCCNC(c2ccccc2)(c2ccccc2)c2ccccc2)C(NC(=O)O)NC(=O)O)c1N. The number of nitrogen functional groups attached to an aromatic ring is 1. The molecule has 0 unspecified atom stereocenters. The third-order valence-corrected chi connectivity index (χ3v) is 6.94. The van der Waals surface area contributed by atoms with Crippen LogP contribution in [-0.2, 0) is 12.6 Å². The Labute approximate surface area is 238 Å². The van der Waals surface area contributed by atoms with E-state index in [-0.39, 0.29) is 5.82 Å². The normalized spacial score (nSPS) is 11.3. The fourth-order valence-corrected chi connectivity index (χ4v) is 5.02. The monoisotopic (exact) mass is 557 g/mol. The third kappa shape index (κ3) is 6.76. The summed E-state index contributed by atoms with van der Waals surface area (Å²) in [5.74, 6) is 0.281. The molecule has 4 aromatic rings. The summed E-state index contributed by atoms with van der Waals surface area (Å²) in [5, 5.41) is 31.1. The Bertz CT molecular complexity index is 1300. The molecule has 0 saturated heterocycles. The second-order valence-electron chi connectivity index (χ2n) is 9.52.